The fourth-order valence-corrected chi connectivity index (χ4v) is 2.80. The van der Waals surface area contributed by atoms with E-state index in [-0.39, 0.29) is 29.9 Å². The number of imide groups is 2. The number of aromatic nitrogens is 2. The lowest BCUT2D eigenvalue weighted by molar-refractivity contribution is -0.000707. The van der Waals surface area contributed by atoms with E-state index in [0.29, 0.717) is 9.80 Å². The Morgan fingerprint density at radius 1 is 0.675 bits per heavy atom. The maximum atomic E-state index is 13.1. The molecule has 0 saturated carbocycles. The lowest BCUT2D eigenvalue weighted by Gasteiger charge is -2.29. The van der Waals surface area contributed by atoms with Crippen LogP contribution in [-0.4, -0.2) is 74.8 Å². The zero-order valence-electron chi connectivity index (χ0n) is 25.3. The number of hydrogen-bond acceptors (Lipinski definition) is 11. The molecule has 0 aliphatic heterocycles. The molecule has 0 saturated heterocycles. The quantitative estimate of drug-likeness (QED) is 0.279. The van der Waals surface area contributed by atoms with Crippen molar-refractivity contribution in [3.8, 4) is 5.75 Å². The molecule has 0 aromatic carbocycles. The molecule has 1 rings (SSSR count). The van der Waals surface area contributed by atoms with Crippen molar-refractivity contribution in [1.29, 1.82) is 0 Å². The fraction of sp³-hybridized carbons (Fsp3) is 0.692. The number of hydrogen-bond donors (Lipinski definition) is 0. The van der Waals surface area contributed by atoms with Crippen LogP contribution in [0.5, 0.6) is 5.75 Å². The predicted octanol–water partition coefficient (Wildman–Crippen LogP) is 6.36. The molecular weight excluding hydrogens is 548 g/mol. The van der Waals surface area contributed by atoms with Crippen molar-refractivity contribution < 1.29 is 42.9 Å². The predicted molar refractivity (Wildman–Crippen MR) is 147 cm³/mol. The first-order valence-electron chi connectivity index (χ1n) is 12.5. The topological polar surface area (TPSA) is 147 Å². The Morgan fingerprint density at radius 3 is 1.43 bits per heavy atom. The second-order valence-corrected chi connectivity index (χ2v) is 12.9. The summed E-state index contributed by atoms with van der Waals surface area (Å²) in [6.07, 6.45) is -3.13. The third-order valence-corrected chi connectivity index (χ3v) is 4.16. The second kappa shape index (κ2) is 12.9. The van der Waals surface area contributed by atoms with E-state index in [1.165, 1.54) is 0 Å². The zero-order chi connectivity index (χ0) is 31.3. The van der Waals surface area contributed by atoms with Gasteiger partial charge in [-0.25, -0.2) is 34.0 Å². The van der Waals surface area contributed by atoms with Crippen LogP contribution in [0.15, 0.2) is 6.33 Å². The van der Waals surface area contributed by atoms with Crippen LogP contribution >= 0.6 is 11.6 Å². The van der Waals surface area contributed by atoms with Crippen molar-refractivity contribution >= 4 is 41.8 Å². The number of anilines is 1. The van der Waals surface area contributed by atoms with Gasteiger partial charge in [-0.15, -0.1) is 0 Å². The van der Waals surface area contributed by atoms with Crippen LogP contribution in [0.3, 0.4) is 0 Å². The maximum absolute atomic E-state index is 13.1. The van der Waals surface area contributed by atoms with Crippen LogP contribution in [0, 0.1) is 0 Å². The number of halogens is 1. The van der Waals surface area contributed by atoms with Crippen LogP contribution in [0.4, 0.5) is 25.0 Å². The van der Waals surface area contributed by atoms with Gasteiger partial charge in [0.05, 0.1) is 6.54 Å². The Morgan fingerprint density at radius 2 is 1.05 bits per heavy atom. The molecule has 13 nitrogen and oxygen atoms in total. The Bertz CT molecular complexity index is 1030. The van der Waals surface area contributed by atoms with Gasteiger partial charge in [-0.3, -0.25) is 0 Å². The van der Waals surface area contributed by atoms with Crippen LogP contribution in [0.2, 0.25) is 5.15 Å². The molecule has 1 aromatic heterocycles. The zero-order valence-corrected chi connectivity index (χ0v) is 26.1. The van der Waals surface area contributed by atoms with E-state index < -0.39 is 46.8 Å². The summed E-state index contributed by atoms with van der Waals surface area (Å²) >= 11 is 6.26. The molecule has 0 radical (unpaired) electrons. The lowest BCUT2D eigenvalue weighted by Crippen LogP contribution is -2.45. The van der Waals surface area contributed by atoms with Gasteiger partial charge in [-0.05, 0) is 83.1 Å². The van der Waals surface area contributed by atoms with Crippen LogP contribution < -0.4 is 9.64 Å². The van der Waals surface area contributed by atoms with Gasteiger partial charge in [-0.2, -0.15) is 4.90 Å². The number of amides is 4. The molecule has 0 unspecified atom stereocenters. The number of carbonyl (C=O) groups is 4. The number of carbonyl (C=O) groups excluding carboxylic acids is 4. The molecule has 0 N–H and O–H groups in total. The van der Waals surface area contributed by atoms with Crippen molar-refractivity contribution in [2.75, 3.05) is 18.1 Å². The smallest absolute Gasteiger partial charge is 0.425 e. The first-order chi connectivity index (χ1) is 17.9. The van der Waals surface area contributed by atoms with Crippen molar-refractivity contribution in [1.82, 2.24) is 14.9 Å². The average Bonchev–Trinajstić information content (AvgIpc) is 2.67. The molecule has 0 aliphatic carbocycles. The van der Waals surface area contributed by atoms with Crippen LogP contribution in [-0.2, 0) is 18.9 Å². The molecule has 0 aliphatic rings. The van der Waals surface area contributed by atoms with E-state index in [2.05, 4.69) is 9.97 Å². The summed E-state index contributed by atoms with van der Waals surface area (Å²) in [5, 5.41) is -0.261. The van der Waals surface area contributed by atoms with Gasteiger partial charge in [0, 0.05) is 0 Å². The highest BCUT2D eigenvalue weighted by atomic mass is 35.5. The first-order valence-corrected chi connectivity index (χ1v) is 12.9. The monoisotopic (exact) mass is 588 g/mol. The third-order valence-electron chi connectivity index (χ3n) is 3.89. The minimum atomic E-state index is -1.11. The summed E-state index contributed by atoms with van der Waals surface area (Å²) in [4.78, 5) is 60.9. The van der Waals surface area contributed by atoms with Gasteiger partial charge in [0.15, 0.2) is 11.0 Å². The summed E-state index contributed by atoms with van der Waals surface area (Å²) in [5.41, 5.74) is -3.75. The molecule has 40 heavy (non-hydrogen) atoms. The molecule has 1 heterocycles. The summed E-state index contributed by atoms with van der Waals surface area (Å²) in [5.74, 6) is -0.668. The van der Waals surface area contributed by atoms with Gasteiger partial charge in [0.25, 0.3) is 0 Å². The molecule has 0 spiro atoms. The van der Waals surface area contributed by atoms with Gasteiger partial charge in [-0.1, -0.05) is 11.6 Å². The Labute approximate surface area is 240 Å². The standard InChI is InChI=1S/C26H41ClN4O9/c1-23(2,3)37-19(32)30(20(33)38-24(4,5)6)13-14-36-16-17(27)28-15-29-18(16)31(21(34)39-25(7,8)9)22(35)40-26(10,11)12/h15H,13-14H2,1-12H3. The summed E-state index contributed by atoms with van der Waals surface area (Å²) in [7, 11) is 0. The molecule has 14 heteroatoms. The molecule has 1 aromatic rings. The Kier molecular flexibility index (Phi) is 11.2. The fourth-order valence-electron chi connectivity index (χ4n) is 2.62. The van der Waals surface area contributed by atoms with Gasteiger partial charge >= 0.3 is 24.4 Å². The second-order valence-electron chi connectivity index (χ2n) is 12.6. The van der Waals surface area contributed by atoms with E-state index in [4.69, 9.17) is 35.3 Å². The Hall–Kier alpha value is -3.35. The van der Waals surface area contributed by atoms with Crippen molar-refractivity contribution in [3.05, 3.63) is 11.5 Å². The number of ether oxygens (including phenoxy) is 5. The van der Waals surface area contributed by atoms with Gasteiger partial charge in [0.2, 0.25) is 5.75 Å². The van der Waals surface area contributed by atoms with Crippen molar-refractivity contribution in [3.63, 3.8) is 0 Å². The summed E-state index contributed by atoms with van der Waals surface area (Å²) in [6.45, 7) is 18.8. The Balaban J connectivity index is 3.39. The molecule has 0 fully saturated rings. The minimum absolute atomic E-state index is 0.261. The van der Waals surface area contributed by atoms with Gasteiger partial charge in [0.1, 0.15) is 35.3 Å². The normalized spacial score (nSPS) is 12.2. The molecular formula is C26H41ClN4O9. The summed E-state index contributed by atoms with van der Waals surface area (Å²) < 4.78 is 27.1. The van der Waals surface area contributed by atoms with Gasteiger partial charge < -0.3 is 23.7 Å². The van der Waals surface area contributed by atoms with E-state index in [1.54, 1.807) is 83.1 Å². The molecule has 4 amide bonds. The van der Waals surface area contributed by atoms with Crippen molar-refractivity contribution in [2.45, 2.75) is 105 Å². The van der Waals surface area contributed by atoms with Crippen molar-refractivity contribution in [2.24, 2.45) is 0 Å². The molecule has 0 atom stereocenters. The van der Waals surface area contributed by atoms with E-state index in [1.807, 2.05) is 0 Å². The SMILES string of the molecule is CC(C)(C)OC(=O)N(CCOc1c(Cl)ncnc1N(C(=O)OC(C)(C)C)C(=O)OC(C)(C)C)C(=O)OC(C)(C)C. The van der Waals surface area contributed by atoms with Crippen LogP contribution in [0.1, 0.15) is 83.1 Å². The molecule has 0 bridgehead atoms. The highest BCUT2D eigenvalue weighted by molar-refractivity contribution is 6.31. The summed E-state index contributed by atoms with van der Waals surface area (Å²) in [6, 6.07) is 0. The van der Waals surface area contributed by atoms with E-state index in [9.17, 15) is 19.2 Å². The minimum Gasteiger partial charge on any atom is -0.485 e. The highest BCUT2D eigenvalue weighted by Gasteiger charge is 2.37. The number of rotatable bonds is 5. The van der Waals surface area contributed by atoms with Crippen LogP contribution in [0.25, 0.3) is 0 Å². The third kappa shape index (κ3) is 12.2. The first kappa shape index (κ1) is 34.7. The van der Waals surface area contributed by atoms with E-state index in [0.717, 1.165) is 6.33 Å². The average molecular weight is 589 g/mol. The largest absolute Gasteiger partial charge is 0.485 e. The molecule has 226 valence electrons. The highest BCUT2D eigenvalue weighted by Crippen LogP contribution is 2.34. The maximum Gasteiger partial charge on any atom is 0.425 e. The lowest BCUT2D eigenvalue weighted by atomic mass is 10.2. The van der Waals surface area contributed by atoms with E-state index >= 15 is 0 Å². The number of nitrogens with zero attached hydrogens (tertiary/aromatic N) is 4.